The van der Waals surface area contributed by atoms with Crippen molar-refractivity contribution in [2.45, 2.75) is 12.6 Å². The Bertz CT molecular complexity index is 377. The van der Waals surface area contributed by atoms with Gasteiger partial charge in [-0.1, -0.05) is 6.07 Å². The molecule has 1 rings (SSSR count). The van der Waals surface area contributed by atoms with Crippen LogP contribution in [0, 0.1) is 11.3 Å². The molecule has 0 amide bonds. The van der Waals surface area contributed by atoms with Gasteiger partial charge in [-0.25, -0.2) is 0 Å². The van der Waals surface area contributed by atoms with E-state index >= 15 is 0 Å². The Kier molecular flexibility index (Phi) is 2.65. The first-order valence-electron chi connectivity index (χ1n) is 3.77. The van der Waals surface area contributed by atoms with E-state index in [2.05, 4.69) is 0 Å². The van der Waals surface area contributed by atoms with E-state index < -0.39 is 12.6 Å². The third kappa shape index (κ3) is 2.66. The average Bonchev–Trinajstić information content (AvgIpc) is 2.06. The lowest BCUT2D eigenvalue weighted by Gasteiger charge is -2.07. The van der Waals surface area contributed by atoms with Gasteiger partial charge < -0.3 is 5.73 Å². The minimum atomic E-state index is -4.30. The van der Waals surface area contributed by atoms with Crippen LogP contribution < -0.4 is 5.73 Å². The standard InChI is InChI=1S/C9H7F3N2/c10-9(11,12)4-6-1-2-8(14)3-7(6)5-13/h1-3H,4,14H2. The molecule has 0 unspecified atom stereocenters. The summed E-state index contributed by atoms with van der Waals surface area (Å²) in [6.07, 6.45) is -5.40. The SMILES string of the molecule is N#Cc1cc(N)ccc1CC(F)(F)F. The third-order valence-electron chi connectivity index (χ3n) is 1.65. The molecule has 0 saturated carbocycles. The first-order valence-corrected chi connectivity index (χ1v) is 3.77. The predicted molar refractivity (Wildman–Crippen MR) is 45.3 cm³/mol. The maximum absolute atomic E-state index is 12.0. The molecular formula is C9H7F3N2. The zero-order valence-corrected chi connectivity index (χ0v) is 7.10. The van der Waals surface area contributed by atoms with Crippen LogP contribution in [0.1, 0.15) is 11.1 Å². The molecule has 0 heterocycles. The predicted octanol–water partition coefficient (Wildman–Crippen LogP) is 2.25. The smallest absolute Gasteiger partial charge is 0.393 e. The molecule has 0 radical (unpaired) electrons. The van der Waals surface area contributed by atoms with Crippen LogP contribution >= 0.6 is 0 Å². The molecule has 0 spiro atoms. The topological polar surface area (TPSA) is 49.8 Å². The van der Waals surface area contributed by atoms with Crippen molar-refractivity contribution in [2.24, 2.45) is 0 Å². The molecule has 1 aromatic carbocycles. The van der Waals surface area contributed by atoms with E-state index in [4.69, 9.17) is 11.0 Å². The maximum atomic E-state index is 12.0. The Morgan fingerprint density at radius 2 is 2.00 bits per heavy atom. The largest absolute Gasteiger partial charge is 0.399 e. The second-order valence-electron chi connectivity index (χ2n) is 2.82. The van der Waals surface area contributed by atoms with E-state index in [0.29, 0.717) is 0 Å². The molecule has 14 heavy (non-hydrogen) atoms. The highest BCUT2D eigenvalue weighted by molar-refractivity contribution is 5.50. The number of benzene rings is 1. The average molecular weight is 200 g/mol. The lowest BCUT2D eigenvalue weighted by Crippen LogP contribution is -2.12. The number of halogens is 3. The number of anilines is 1. The van der Waals surface area contributed by atoms with Crippen LogP contribution in [-0.2, 0) is 6.42 Å². The van der Waals surface area contributed by atoms with Crippen LogP contribution in [0.3, 0.4) is 0 Å². The summed E-state index contributed by atoms with van der Waals surface area (Å²) < 4.78 is 36.1. The molecule has 0 aromatic heterocycles. The molecule has 0 aliphatic heterocycles. The Balaban J connectivity index is 3.05. The highest BCUT2D eigenvalue weighted by Crippen LogP contribution is 2.24. The van der Waals surface area contributed by atoms with Crippen molar-refractivity contribution in [1.82, 2.24) is 0 Å². The molecule has 0 fully saturated rings. The molecule has 0 bridgehead atoms. The molecule has 74 valence electrons. The normalized spacial score (nSPS) is 11.0. The van der Waals surface area contributed by atoms with Gasteiger partial charge in [0.25, 0.3) is 0 Å². The number of rotatable bonds is 1. The van der Waals surface area contributed by atoms with E-state index in [0.717, 1.165) is 0 Å². The first-order chi connectivity index (χ1) is 6.42. The summed E-state index contributed by atoms with van der Waals surface area (Å²) >= 11 is 0. The highest BCUT2D eigenvalue weighted by Gasteiger charge is 2.28. The van der Waals surface area contributed by atoms with E-state index in [9.17, 15) is 13.2 Å². The number of nitrogens with two attached hydrogens (primary N) is 1. The molecule has 0 atom stereocenters. The highest BCUT2D eigenvalue weighted by atomic mass is 19.4. The van der Waals surface area contributed by atoms with Crippen LogP contribution in [0.4, 0.5) is 18.9 Å². The first kappa shape index (κ1) is 10.4. The molecule has 5 heteroatoms. The van der Waals surface area contributed by atoms with E-state index in [1.807, 2.05) is 0 Å². The summed E-state index contributed by atoms with van der Waals surface area (Å²) in [7, 11) is 0. The molecular weight excluding hydrogens is 193 g/mol. The quantitative estimate of drug-likeness (QED) is 0.707. The van der Waals surface area contributed by atoms with Crippen molar-refractivity contribution in [3.05, 3.63) is 29.3 Å². The third-order valence-corrected chi connectivity index (χ3v) is 1.65. The van der Waals surface area contributed by atoms with Crippen molar-refractivity contribution in [2.75, 3.05) is 5.73 Å². The molecule has 2 N–H and O–H groups in total. The van der Waals surface area contributed by atoms with Crippen molar-refractivity contribution < 1.29 is 13.2 Å². The summed E-state index contributed by atoms with van der Waals surface area (Å²) in [5.74, 6) is 0. The van der Waals surface area contributed by atoms with Crippen molar-refractivity contribution in [1.29, 1.82) is 5.26 Å². The number of nitrogens with zero attached hydrogens (tertiary/aromatic N) is 1. The van der Waals surface area contributed by atoms with E-state index in [1.54, 1.807) is 6.07 Å². The summed E-state index contributed by atoms with van der Waals surface area (Å²) in [5.41, 5.74) is 5.55. The van der Waals surface area contributed by atoms with Gasteiger partial charge >= 0.3 is 6.18 Å². The van der Waals surface area contributed by atoms with Gasteiger partial charge in [0, 0.05) is 5.69 Å². The summed E-state index contributed by atoms with van der Waals surface area (Å²) in [6, 6.07) is 5.49. The molecule has 1 aromatic rings. The fourth-order valence-corrected chi connectivity index (χ4v) is 1.07. The van der Waals surface area contributed by atoms with E-state index in [1.165, 1.54) is 18.2 Å². The number of hydrogen-bond donors (Lipinski definition) is 1. The van der Waals surface area contributed by atoms with Crippen LogP contribution in [-0.4, -0.2) is 6.18 Å². The Hall–Kier alpha value is -1.70. The van der Waals surface area contributed by atoms with Gasteiger partial charge in [-0.2, -0.15) is 18.4 Å². The zero-order chi connectivity index (χ0) is 10.8. The minimum Gasteiger partial charge on any atom is -0.399 e. The zero-order valence-electron chi connectivity index (χ0n) is 7.10. The second-order valence-corrected chi connectivity index (χ2v) is 2.82. The van der Waals surface area contributed by atoms with E-state index in [-0.39, 0.29) is 16.8 Å². The summed E-state index contributed by atoms with van der Waals surface area (Å²) in [6.45, 7) is 0. The lowest BCUT2D eigenvalue weighted by atomic mass is 10.0. The van der Waals surface area contributed by atoms with Crippen LogP contribution in [0.5, 0.6) is 0 Å². The van der Waals surface area contributed by atoms with Gasteiger partial charge in [-0.05, 0) is 17.7 Å². The maximum Gasteiger partial charge on any atom is 0.393 e. The molecule has 2 nitrogen and oxygen atoms in total. The van der Waals surface area contributed by atoms with Crippen LogP contribution in [0.25, 0.3) is 0 Å². The second kappa shape index (κ2) is 3.58. The van der Waals surface area contributed by atoms with Gasteiger partial charge in [0.1, 0.15) is 0 Å². The minimum absolute atomic E-state index is 0.0256. The Morgan fingerprint density at radius 3 is 2.50 bits per heavy atom. The van der Waals surface area contributed by atoms with Gasteiger partial charge in [0.2, 0.25) is 0 Å². The number of nitrogen functional groups attached to an aromatic ring is 1. The summed E-state index contributed by atoms with van der Waals surface area (Å²) in [4.78, 5) is 0. The molecule has 0 aliphatic rings. The summed E-state index contributed by atoms with van der Waals surface area (Å²) in [5, 5.41) is 8.57. The van der Waals surface area contributed by atoms with Crippen LogP contribution in [0.2, 0.25) is 0 Å². The van der Waals surface area contributed by atoms with Gasteiger partial charge in [0.05, 0.1) is 18.1 Å². The monoisotopic (exact) mass is 200 g/mol. The molecule has 0 saturated heterocycles. The Labute approximate surface area is 78.8 Å². The van der Waals surface area contributed by atoms with Gasteiger partial charge in [-0.3, -0.25) is 0 Å². The van der Waals surface area contributed by atoms with Gasteiger partial charge in [0.15, 0.2) is 0 Å². The lowest BCUT2D eigenvalue weighted by molar-refractivity contribution is -0.127. The van der Waals surface area contributed by atoms with Crippen molar-refractivity contribution in [3.63, 3.8) is 0 Å². The number of alkyl halides is 3. The molecule has 0 aliphatic carbocycles. The number of nitriles is 1. The van der Waals surface area contributed by atoms with Crippen molar-refractivity contribution in [3.8, 4) is 6.07 Å². The van der Waals surface area contributed by atoms with Gasteiger partial charge in [-0.15, -0.1) is 0 Å². The fraction of sp³-hybridized carbons (Fsp3) is 0.222. The van der Waals surface area contributed by atoms with Crippen LogP contribution in [0.15, 0.2) is 18.2 Å². The Morgan fingerprint density at radius 1 is 1.36 bits per heavy atom. The van der Waals surface area contributed by atoms with Crippen molar-refractivity contribution >= 4 is 5.69 Å². The fourth-order valence-electron chi connectivity index (χ4n) is 1.07. The number of hydrogen-bond acceptors (Lipinski definition) is 2.